The van der Waals surface area contributed by atoms with E-state index >= 15 is 0 Å². The number of amides is 1. The van der Waals surface area contributed by atoms with E-state index in [-0.39, 0.29) is 46.7 Å². The normalized spacial score (nSPS) is 19.3. The van der Waals surface area contributed by atoms with E-state index in [0.29, 0.717) is 18.9 Å². The fourth-order valence-corrected chi connectivity index (χ4v) is 4.85. The van der Waals surface area contributed by atoms with Crippen molar-refractivity contribution in [2.45, 2.75) is 24.8 Å². The molecule has 0 spiro atoms. The molecule has 150 valence electrons. The first-order valence-electron chi connectivity index (χ1n) is 8.85. The SMILES string of the molecule is CC(C)C(CNS(=O)(=O)c1cc2c(cc1Cl)NC(=O)CO2)N1CCOCC1. The zero-order chi connectivity index (χ0) is 19.6. The quantitative estimate of drug-likeness (QED) is 0.724. The van der Waals surface area contributed by atoms with Gasteiger partial charge in [-0.1, -0.05) is 25.4 Å². The molecule has 2 N–H and O–H groups in total. The summed E-state index contributed by atoms with van der Waals surface area (Å²) in [4.78, 5) is 13.6. The number of sulfonamides is 1. The van der Waals surface area contributed by atoms with Gasteiger partial charge >= 0.3 is 0 Å². The molecule has 1 unspecified atom stereocenters. The third-order valence-electron chi connectivity index (χ3n) is 4.72. The fourth-order valence-electron chi connectivity index (χ4n) is 3.26. The van der Waals surface area contributed by atoms with E-state index in [2.05, 4.69) is 28.8 Å². The lowest BCUT2D eigenvalue weighted by molar-refractivity contribution is -0.118. The fraction of sp³-hybridized carbons (Fsp3) is 0.588. The molecule has 3 rings (SSSR count). The summed E-state index contributed by atoms with van der Waals surface area (Å²) >= 11 is 6.17. The molecule has 1 amide bonds. The van der Waals surface area contributed by atoms with Gasteiger partial charge in [-0.15, -0.1) is 0 Å². The Morgan fingerprint density at radius 1 is 1.30 bits per heavy atom. The van der Waals surface area contributed by atoms with Crippen LogP contribution in [-0.2, 0) is 19.6 Å². The van der Waals surface area contributed by atoms with Gasteiger partial charge in [-0.2, -0.15) is 0 Å². The summed E-state index contributed by atoms with van der Waals surface area (Å²) in [5.41, 5.74) is 0.364. The molecule has 1 aromatic rings. The van der Waals surface area contributed by atoms with Crippen LogP contribution in [0.4, 0.5) is 5.69 Å². The van der Waals surface area contributed by atoms with Crippen LogP contribution in [0.15, 0.2) is 17.0 Å². The molecule has 0 radical (unpaired) electrons. The molecule has 2 aliphatic heterocycles. The van der Waals surface area contributed by atoms with Gasteiger partial charge < -0.3 is 14.8 Å². The van der Waals surface area contributed by atoms with E-state index < -0.39 is 10.0 Å². The highest BCUT2D eigenvalue weighted by atomic mass is 35.5. The topological polar surface area (TPSA) is 97.0 Å². The third-order valence-corrected chi connectivity index (χ3v) is 6.61. The molecule has 2 aliphatic rings. The van der Waals surface area contributed by atoms with Gasteiger partial charge in [0, 0.05) is 31.7 Å². The van der Waals surface area contributed by atoms with E-state index in [4.69, 9.17) is 21.1 Å². The van der Waals surface area contributed by atoms with Gasteiger partial charge in [0.1, 0.15) is 10.6 Å². The number of carbonyl (C=O) groups excluding carboxylic acids is 1. The summed E-state index contributed by atoms with van der Waals surface area (Å²) in [6, 6.07) is 2.79. The van der Waals surface area contributed by atoms with Crippen LogP contribution in [0.2, 0.25) is 5.02 Å². The smallest absolute Gasteiger partial charge is 0.262 e. The van der Waals surface area contributed by atoms with Gasteiger partial charge in [-0.05, 0) is 12.0 Å². The second-order valence-electron chi connectivity index (χ2n) is 6.93. The van der Waals surface area contributed by atoms with Crippen molar-refractivity contribution in [3.05, 3.63) is 17.2 Å². The van der Waals surface area contributed by atoms with Crippen molar-refractivity contribution in [2.24, 2.45) is 5.92 Å². The summed E-state index contributed by atoms with van der Waals surface area (Å²) in [5.74, 6) is 0.244. The highest BCUT2D eigenvalue weighted by Crippen LogP contribution is 2.35. The standard InChI is InChI=1S/C17H24ClN3O5S/c1-11(2)14(21-3-5-25-6-4-21)9-19-27(23,24)16-8-15-13(7-12(16)18)20-17(22)10-26-15/h7-8,11,14,19H,3-6,9-10H2,1-2H3,(H,20,22). The lowest BCUT2D eigenvalue weighted by atomic mass is 10.0. The van der Waals surface area contributed by atoms with E-state index in [0.717, 1.165) is 13.1 Å². The Hall–Kier alpha value is -1.39. The molecule has 8 nitrogen and oxygen atoms in total. The number of morpholine rings is 1. The molecular formula is C17H24ClN3O5S. The highest BCUT2D eigenvalue weighted by molar-refractivity contribution is 7.89. The summed E-state index contributed by atoms with van der Waals surface area (Å²) in [7, 11) is -3.84. The summed E-state index contributed by atoms with van der Waals surface area (Å²) in [6.45, 7) is 7.09. The second kappa shape index (κ2) is 8.32. The number of ether oxygens (including phenoxy) is 2. The van der Waals surface area contributed by atoms with Crippen LogP contribution in [0, 0.1) is 5.92 Å². The van der Waals surface area contributed by atoms with E-state index in [1.807, 2.05) is 0 Å². The van der Waals surface area contributed by atoms with Gasteiger partial charge in [0.05, 0.1) is 23.9 Å². The number of anilines is 1. The molecule has 10 heteroatoms. The largest absolute Gasteiger partial charge is 0.482 e. The minimum atomic E-state index is -3.84. The minimum Gasteiger partial charge on any atom is -0.482 e. The molecule has 0 bridgehead atoms. The number of hydrogen-bond acceptors (Lipinski definition) is 6. The van der Waals surface area contributed by atoms with Crippen LogP contribution >= 0.6 is 11.6 Å². The second-order valence-corrected chi connectivity index (χ2v) is 9.07. The lowest BCUT2D eigenvalue weighted by Gasteiger charge is -2.36. The van der Waals surface area contributed by atoms with Crippen molar-refractivity contribution >= 4 is 33.2 Å². The Balaban J connectivity index is 1.77. The number of carbonyl (C=O) groups is 1. The van der Waals surface area contributed by atoms with Crippen molar-refractivity contribution in [3.63, 3.8) is 0 Å². The van der Waals surface area contributed by atoms with Crippen molar-refractivity contribution in [3.8, 4) is 5.75 Å². The number of benzene rings is 1. The van der Waals surface area contributed by atoms with Gasteiger partial charge in [0.25, 0.3) is 5.91 Å². The Morgan fingerprint density at radius 3 is 2.67 bits per heavy atom. The van der Waals surface area contributed by atoms with Crippen molar-refractivity contribution in [1.82, 2.24) is 9.62 Å². The maximum atomic E-state index is 12.8. The number of nitrogens with zero attached hydrogens (tertiary/aromatic N) is 1. The molecule has 27 heavy (non-hydrogen) atoms. The van der Waals surface area contributed by atoms with Crippen LogP contribution in [0.1, 0.15) is 13.8 Å². The van der Waals surface area contributed by atoms with Crippen molar-refractivity contribution in [2.75, 3.05) is 44.8 Å². The third kappa shape index (κ3) is 4.72. The van der Waals surface area contributed by atoms with Gasteiger partial charge in [0.2, 0.25) is 10.0 Å². The molecular weight excluding hydrogens is 394 g/mol. The number of fused-ring (bicyclic) bond motifs is 1. The van der Waals surface area contributed by atoms with Crippen LogP contribution in [0.5, 0.6) is 5.75 Å². The Kier molecular flexibility index (Phi) is 6.27. The van der Waals surface area contributed by atoms with E-state index in [1.165, 1.54) is 12.1 Å². The number of rotatable bonds is 6. The lowest BCUT2D eigenvalue weighted by Crippen LogP contribution is -2.51. The number of hydrogen-bond donors (Lipinski definition) is 2. The summed E-state index contributed by atoms with van der Waals surface area (Å²) in [5, 5.41) is 2.63. The molecule has 1 saturated heterocycles. The highest BCUT2D eigenvalue weighted by Gasteiger charge is 2.28. The predicted octanol–water partition coefficient (Wildman–Crippen LogP) is 1.31. The van der Waals surface area contributed by atoms with E-state index in [9.17, 15) is 13.2 Å². The predicted molar refractivity (Wildman–Crippen MR) is 102 cm³/mol. The summed E-state index contributed by atoms with van der Waals surface area (Å²) in [6.07, 6.45) is 0. The molecule has 1 aromatic carbocycles. The van der Waals surface area contributed by atoms with Crippen LogP contribution in [0.25, 0.3) is 0 Å². The van der Waals surface area contributed by atoms with Crippen LogP contribution in [-0.4, -0.2) is 64.7 Å². The zero-order valence-corrected chi connectivity index (χ0v) is 16.9. The first-order valence-corrected chi connectivity index (χ1v) is 10.7. The molecule has 0 aromatic heterocycles. The molecule has 0 aliphatic carbocycles. The molecule has 0 saturated carbocycles. The van der Waals surface area contributed by atoms with Gasteiger partial charge in [0.15, 0.2) is 6.61 Å². The maximum Gasteiger partial charge on any atom is 0.262 e. The van der Waals surface area contributed by atoms with Gasteiger partial charge in [-0.25, -0.2) is 13.1 Å². The molecule has 1 atom stereocenters. The average Bonchev–Trinajstić information content (AvgIpc) is 2.61. The van der Waals surface area contributed by atoms with Crippen LogP contribution in [0.3, 0.4) is 0 Å². The average molecular weight is 418 g/mol. The van der Waals surface area contributed by atoms with E-state index in [1.54, 1.807) is 0 Å². The minimum absolute atomic E-state index is 0.0273. The first kappa shape index (κ1) is 20.3. The monoisotopic (exact) mass is 417 g/mol. The number of halogens is 1. The zero-order valence-electron chi connectivity index (χ0n) is 15.3. The maximum absolute atomic E-state index is 12.8. The Morgan fingerprint density at radius 2 is 2.00 bits per heavy atom. The Labute approximate surface area is 164 Å². The van der Waals surface area contributed by atoms with Crippen molar-refractivity contribution < 1.29 is 22.7 Å². The first-order chi connectivity index (χ1) is 12.8. The van der Waals surface area contributed by atoms with Crippen molar-refractivity contribution in [1.29, 1.82) is 0 Å². The summed E-state index contributed by atoms with van der Waals surface area (Å²) < 4.78 is 39.0. The molecule has 1 fully saturated rings. The number of nitrogens with one attached hydrogen (secondary N) is 2. The van der Waals surface area contributed by atoms with Crippen LogP contribution < -0.4 is 14.8 Å². The van der Waals surface area contributed by atoms with Gasteiger partial charge in [-0.3, -0.25) is 9.69 Å². The Bertz CT molecular complexity index is 809. The molecule has 2 heterocycles.